The topological polar surface area (TPSA) is 112 Å². The van der Waals surface area contributed by atoms with E-state index in [-0.39, 0.29) is 11.5 Å². The Morgan fingerprint density at radius 1 is 1.03 bits per heavy atom. The number of carbonyl (C=O) groups excluding carboxylic acids is 1. The zero-order chi connectivity index (χ0) is 21.1. The maximum Gasteiger partial charge on any atom is 0.281 e. The van der Waals surface area contributed by atoms with Gasteiger partial charge in [0.15, 0.2) is 11.4 Å². The van der Waals surface area contributed by atoms with E-state index < -0.39 is 11.3 Å². The van der Waals surface area contributed by atoms with Crippen molar-refractivity contribution in [2.45, 2.75) is 6.92 Å². The Morgan fingerprint density at radius 3 is 2.47 bits per heavy atom. The number of rotatable bonds is 5. The number of hydrogen-bond acceptors (Lipinski definition) is 7. The number of carbonyl (C=O) groups is 1. The third-order valence-corrected chi connectivity index (χ3v) is 4.41. The van der Waals surface area contributed by atoms with Crippen LogP contribution < -0.4 is 15.5 Å². The Kier molecular flexibility index (Phi) is 5.08. The normalized spacial score (nSPS) is 10.6. The van der Waals surface area contributed by atoms with E-state index >= 15 is 0 Å². The van der Waals surface area contributed by atoms with E-state index in [1.165, 1.54) is 16.9 Å². The number of nitrogens with zero attached hydrogens (tertiary/aromatic N) is 4. The maximum absolute atomic E-state index is 12.7. The van der Waals surface area contributed by atoms with Crippen LogP contribution >= 0.6 is 0 Å². The highest BCUT2D eigenvalue weighted by Crippen LogP contribution is 2.26. The molecule has 1 amide bonds. The Balaban J connectivity index is 1.62. The molecule has 0 atom stereocenters. The quantitative estimate of drug-likeness (QED) is 0.545. The van der Waals surface area contributed by atoms with Crippen LogP contribution in [0.25, 0.3) is 16.9 Å². The number of aromatic nitrogens is 4. The van der Waals surface area contributed by atoms with E-state index in [0.717, 1.165) is 11.3 Å². The highest BCUT2D eigenvalue weighted by molar-refractivity contribution is 6.03. The fourth-order valence-electron chi connectivity index (χ4n) is 2.78. The molecule has 4 aromatic rings. The van der Waals surface area contributed by atoms with Gasteiger partial charge in [-0.05, 0) is 53.6 Å². The van der Waals surface area contributed by atoms with E-state index in [1.54, 1.807) is 31.4 Å². The zero-order valence-electron chi connectivity index (χ0n) is 16.2. The summed E-state index contributed by atoms with van der Waals surface area (Å²) >= 11 is 0. The molecule has 2 aromatic heterocycles. The van der Waals surface area contributed by atoms with Crippen molar-refractivity contribution in [2.24, 2.45) is 0 Å². The largest absolute Gasteiger partial charge is 0.497 e. The number of methoxy groups -OCH3 is 1. The van der Waals surface area contributed by atoms with Gasteiger partial charge in [-0.15, -0.1) is 0 Å². The van der Waals surface area contributed by atoms with Crippen molar-refractivity contribution in [2.75, 3.05) is 12.4 Å². The molecular formula is C21H17N5O4. The molecule has 0 fully saturated rings. The fourth-order valence-corrected chi connectivity index (χ4v) is 2.78. The van der Waals surface area contributed by atoms with Gasteiger partial charge in [-0.2, -0.15) is 5.10 Å². The lowest BCUT2D eigenvalue weighted by molar-refractivity contribution is 0.101. The number of amides is 1. The molecule has 0 aliphatic carbocycles. The average molecular weight is 403 g/mol. The summed E-state index contributed by atoms with van der Waals surface area (Å²) in [5.74, 6) is 0.0370. The number of hydrogen-bond donors (Lipinski definition) is 1. The van der Waals surface area contributed by atoms with Gasteiger partial charge in [-0.25, -0.2) is 9.31 Å². The SMILES string of the molecule is COc1ccc(-c2nonc2NC(=O)c2nn(-c3ccc(C)cc3)ccc2=O)cc1. The lowest BCUT2D eigenvalue weighted by atomic mass is 10.1. The molecule has 0 unspecified atom stereocenters. The number of aryl methyl sites for hydroxylation is 1. The first-order valence-corrected chi connectivity index (χ1v) is 9.00. The van der Waals surface area contributed by atoms with Gasteiger partial charge in [0, 0.05) is 17.8 Å². The van der Waals surface area contributed by atoms with Crippen LogP contribution in [-0.2, 0) is 0 Å². The van der Waals surface area contributed by atoms with Crippen LogP contribution in [0.4, 0.5) is 5.82 Å². The fraction of sp³-hybridized carbons (Fsp3) is 0.0952. The smallest absolute Gasteiger partial charge is 0.281 e. The molecule has 9 heteroatoms. The highest BCUT2D eigenvalue weighted by Gasteiger charge is 2.19. The van der Waals surface area contributed by atoms with Crippen LogP contribution in [0.3, 0.4) is 0 Å². The summed E-state index contributed by atoms with van der Waals surface area (Å²) in [6, 6.07) is 15.8. The van der Waals surface area contributed by atoms with Gasteiger partial charge >= 0.3 is 0 Å². The Hall–Kier alpha value is -4.27. The minimum absolute atomic E-state index is 0.0807. The molecule has 0 aliphatic heterocycles. The van der Waals surface area contributed by atoms with Gasteiger partial charge in [0.2, 0.25) is 11.2 Å². The number of ether oxygens (including phenoxy) is 1. The molecule has 9 nitrogen and oxygen atoms in total. The van der Waals surface area contributed by atoms with Crippen LogP contribution in [0.15, 0.2) is 70.2 Å². The number of anilines is 1. The number of nitrogens with one attached hydrogen (secondary N) is 1. The minimum atomic E-state index is -0.716. The van der Waals surface area contributed by atoms with Gasteiger partial charge in [0.25, 0.3) is 5.91 Å². The third kappa shape index (κ3) is 3.81. The second kappa shape index (κ2) is 8.00. The van der Waals surface area contributed by atoms with Gasteiger partial charge in [0.1, 0.15) is 5.75 Å². The van der Waals surface area contributed by atoms with Crippen LogP contribution in [0.2, 0.25) is 0 Å². The molecule has 2 aromatic carbocycles. The molecular weight excluding hydrogens is 386 g/mol. The first kappa shape index (κ1) is 19.1. The van der Waals surface area contributed by atoms with Crippen molar-refractivity contribution >= 4 is 11.7 Å². The van der Waals surface area contributed by atoms with Gasteiger partial charge in [-0.3, -0.25) is 9.59 Å². The van der Waals surface area contributed by atoms with Crippen molar-refractivity contribution in [1.82, 2.24) is 20.1 Å². The monoisotopic (exact) mass is 403 g/mol. The first-order valence-electron chi connectivity index (χ1n) is 9.00. The van der Waals surface area contributed by atoms with Crippen LogP contribution in [0, 0.1) is 6.92 Å². The summed E-state index contributed by atoms with van der Waals surface area (Å²) in [5.41, 5.74) is 1.99. The summed E-state index contributed by atoms with van der Waals surface area (Å²) in [7, 11) is 1.56. The van der Waals surface area contributed by atoms with Gasteiger partial charge in [-0.1, -0.05) is 17.7 Å². The first-order chi connectivity index (χ1) is 14.5. The predicted molar refractivity (Wildman–Crippen MR) is 109 cm³/mol. The molecule has 0 aliphatic rings. The van der Waals surface area contributed by atoms with Crippen molar-refractivity contribution in [3.63, 3.8) is 0 Å². The number of benzene rings is 2. The van der Waals surface area contributed by atoms with E-state index in [9.17, 15) is 9.59 Å². The van der Waals surface area contributed by atoms with Crippen LogP contribution in [-0.4, -0.2) is 33.1 Å². The lowest BCUT2D eigenvalue weighted by Gasteiger charge is -2.08. The second-order valence-corrected chi connectivity index (χ2v) is 6.45. The molecule has 0 saturated heterocycles. The molecule has 0 bridgehead atoms. The molecule has 4 rings (SSSR count). The molecule has 2 heterocycles. The highest BCUT2D eigenvalue weighted by atomic mass is 16.6. The van der Waals surface area contributed by atoms with Crippen LogP contribution in [0.5, 0.6) is 5.75 Å². The van der Waals surface area contributed by atoms with Crippen molar-refractivity contribution in [3.8, 4) is 22.7 Å². The average Bonchev–Trinajstić information content (AvgIpc) is 3.22. The zero-order valence-corrected chi connectivity index (χ0v) is 16.2. The molecule has 30 heavy (non-hydrogen) atoms. The summed E-state index contributed by atoms with van der Waals surface area (Å²) in [5, 5.41) is 14.3. The predicted octanol–water partition coefficient (Wildman–Crippen LogP) is 2.85. The Labute approximate surface area is 170 Å². The molecule has 0 saturated carbocycles. The summed E-state index contributed by atoms with van der Waals surface area (Å²) < 4.78 is 11.4. The molecule has 0 radical (unpaired) electrons. The minimum Gasteiger partial charge on any atom is -0.497 e. The second-order valence-electron chi connectivity index (χ2n) is 6.45. The standard InChI is InChI=1S/C21H17N5O4/c1-13-3-7-15(8-4-13)26-12-11-17(27)19(23-26)21(28)22-20-18(24-30-25-20)14-5-9-16(29-2)10-6-14/h3-12H,1-2H3,(H,22,25,28). The maximum atomic E-state index is 12.7. The van der Waals surface area contributed by atoms with Gasteiger partial charge in [0.05, 0.1) is 12.8 Å². The molecule has 150 valence electrons. The van der Waals surface area contributed by atoms with E-state index in [0.29, 0.717) is 17.0 Å². The lowest BCUT2D eigenvalue weighted by Crippen LogP contribution is -2.25. The van der Waals surface area contributed by atoms with Crippen molar-refractivity contribution < 1.29 is 14.2 Å². The summed E-state index contributed by atoms with van der Waals surface area (Å²) in [6.45, 7) is 1.97. The Bertz CT molecular complexity index is 1240. The van der Waals surface area contributed by atoms with Gasteiger partial charge < -0.3 is 10.1 Å². The molecule has 1 N–H and O–H groups in total. The van der Waals surface area contributed by atoms with E-state index in [4.69, 9.17) is 9.37 Å². The summed E-state index contributed by atoms with van der Waals surface area (Å²) in [6.07, 6.45) is 1.50. The molecule has 0 spiro atoms. The van der Waals surface area contributed by atoms with E-state index in [2.05, 4.69) is 20.7 Å². The van der Waals surface area contributed by atoms with Crippen molar-refractivity contribution in [3.05, 3.63) is 82.3 Å². The third-order valence-electron chi connectivity index (χ3n) is 4.41. The van der Waals surface area contributed by atoms with E-state index in [1.807, 2.05) is 31.2 Å². The Morgan fingerprint density at radius 2 is 1.77 bits per heavy atom. The summed E-state index contributed by atoms with van der Waals surface area (Å²) in [4.78, 5) is 25.0. The van der Waals surface area contributed by atoms with Crippen LogP contribution in [0.1, 0.15) is 16.1 Å². The van der Waals surface area contributed by atoms with Crippen molar-refractivity contribution in [1.29, 1.82) is 0 Å².